The van der Waals surface area contributed by atoms with E-state index in [1.165, 1.54) is 0 Å². The van der Waals surface area contributed by atoms with Gasteiger partial charge in [0.1, 0.15) is 5.52 Å². The van der Waals surface area contributed by atoms with E-state index in [1.54, 1.807) is 46.0 Å². The lowest BCUT2D eigenvalue weighted by Crippen LogP contribution is -2.30. The first-order valence-electron chi connectivity index (χ1n) is 9.11. The number of carbonyl (C=O) groups is 2. The Balaban J connectivity index is 1.80. The van der Waals surface area contributed by atoms with E-state index in [1.807, 2.05) is 26.8 Å². The number of amides is 2. The number of aryl methyl sites for hydroxylation is 1. The predicted molar refractivity (Wildman–Crippen MR) is 105 cm³/mol. The molecule has 3 aromatic rings. The van der Waals surface area contributed by atoms with Crippen LogP contribution in [0.4, 0.5) is 5.69 Å². The molecule has 0 bridgehead atoms. The summed E-state index contributed by atoms with van der Waals surface area (Å²) < 4.78 is 1.78. The molecule has 140 valence electrons. The SMILES string of the molecule is CCN(CC)C(=O)c1cccc(NC(=O)c2ccc3c(c2)nnn3CC)c1. The summed E-state index contributed by atoms with van der Waals surface area (Å²) in [6, 6.07) is 12.3. The molecule has 1 aromatic heterocycles. The number of carbonyl (C=O) groups excluding carboxylic acids is 2. The highest BCUT2D eigenvalue weighted by molar-refractivity contribution is 6.06. The molecule has 0 saturated heterocycles. The van der Waals surface area contributed by atoms with Crippen LogP contribution in [0.1, 0.15) is 41.5 Å². The van der Waals surface area contributed by atoms with Gasteiger partial charge < -0.3 is 10.2 Å². The summed E-state index contributed by atoms with van der Waals surface area (Å²) in [4.78, 5) is 26.8. The largest absolute Gasteiger partial charge is 0.339 e. The van der Waals surface area contributed by atoms with Gasteiger partial charge >= 0.3 is 0 Å². The van der Waals surface area contributed by atoms with Crippen LogP contribution in [-0.2, 0) is 6.54 Å². The van der Waals surface area contributed by atoms with Gasteiger partial charge in [-0.1, -0.05) is 11.3 Å². The van der Waals surface area contributed by atoms with Gasteiger partial charge in [-0.3, -0.25) is 9.59 Å². The van der Waals surface area contributed by atoms with Crippen LogP contribution >= 0.6 is 0 Å². The van der Waals surface area contributed by atoms with Crippen molar-refractivity contribution in [3.05, 3.63) is 53.6 Å². The Morgan fingerprint density at radius 2 is 1.81 bits per heavy atom. The minimum absolute atomic E-state index is 0.0475. The summed E-state index contributed by atoms with van der Waals surface area (Å²) in [6.07, 6.45) is 0. The van der Waals surface area contributed by atoms with E-state index < -0.39 is 0 Å². The average Bonchev–Trinajstić information content (AvgIpc) is 3.11. The Bertz CT molecular complexity index is 975. The summed E-state index contributed by atoms with van der Waals surface area (Å²) in [7, 11) is 0. The van der Waals surface area contributed by atoms with Crippen LogP contribution in [0.3, 0.4) is 0 Å². The first kappa shape index (κ1) is 18.6. The zero-order valence-corrected chi connectivity index (χ0v) is 15.8. The maximum Gasteiger partial charge on any atom is 0.255 e. The molecule has 0 unspecified atom stereocenters. The molecule has 0 radical (unpaired) electrons. The first-order valence-corrected chi connectivity index (χ1v) is 9.11. The molecule has 2 aromatic carbocycles. The van der Waals surface area contributed by atoms with Gasteiger partial charge in [0.25, 0.3) is 11.8 Å². The van der Waals surface area contributed by atoms with E-state index in [0.29, 0.717) is 35.4 Å². The third-order valence-corrected chi connectivity index (χ3v) is 4.49. The van der Waals surface area contributed by atoms with E-state index in [9.17, 15) is 9.59 Å². The van der Waals surface area contributed by atoms with Crippen molar-refractivity contribution in [2.75, 3.05) is 18.4 Å². The average molecular weight is 365 g/mol. The number of hydrogen-bond acceptors (Lipinski definition) is 4. The molecule has 0 aliphatic rings. The molecule has 0 saturated carbocycles. The molecule has 0 spiro atoms. The van der Waals surface area contributed by atoms with Crippen molar-refractivity contribution < 1.29 is 9.59 Å². The van der Waals surface area contributed by atoms with Crippen molar-refractivity contribution in [3.8, 4) is 0 Å². The number of rotatable bonds is 6. The second-order valence-corrected chi connectivity index (χ2v) is 6.12. The highest BCUT2D eigenvalue weighted by Crippen LogP contribution is 2.17. The minimum atomic E-state index is -0.254. The zero-order valence-electron chi connectivity index (χ0n) is 15.8. The molecular formula is C20H23N5O2. The van der Waals surface area contributed by atoms with E-state index >= 15 is 0 Å². The van der Waals surface area contributed by atoms with E-state index in [-0.39, 0.29) is 11.8 Å². The fraction of sp³-hybridized carbons (Fsp3) is 0.300. The van der Waals surface area contributed by atoms with Gasteiger partial charge in [0.05, 0.1) is 5.52 Å². The molecule has 7 nitrogen and oxygen atoms in total. The van der Waals surface area contributed by atoms with Gasteiger partial charge in [-0.05, 0) is 57.2 Å². The minimum Gasteiger partial charge on any atom is -0.339 e. The molecule has 0 fully saturated rings. The molecule has 27 heavy (non-hydrogen) atoms. The zero-order chi connectivity index (χ0) is 19.4. The fourth-order valence-electron chi connectivity index (χ4n) is 2.97. The van der Waals surface area contributed by atoms with E-state index in [0.717, 1.165) is 12.1 Å². The Morgan fingerprint density at radius 3 is 2.52 bits per heavy atom. The highest BCUT2D eigenvalue weighted by atomic mass is 16.2. The summed E-state index contributed by atoms with van der Waals surface area (Å²) in [5.41, 5.74) is 3.19. The topological polar surface area (TPSA) is 80.1 Å². The maximum atomic E-state index is 12.6. The number of fused-ring (bicyclic) bond motifs is 1. The Kier molecular flexibility index (Phi) is 5.49. The third-order valence-electron chi connectivity index (χ3n) is 4.49. The van der Waals surface area contributed by atoms with Crippen molar-refractivity contribution in [3.63, 3.8) is 0 Å². The van der Waals surface area contributed by atoms with Gasteiger partial charge in [0.15, 0.2) is 0 Å². The molecule has 1 heterocycles. The third kappa shape index (κ3) is 3.81. The maximum absolute atomic E-state index is 12.6. The number of benzene rings is 2. The molecule has 0 aliphatic heterocycles. The fourth-order valence-corrected chi connectivity index (χ4v) is 2.97. The second kappa shape index (κ2) is 7.99. The van der Waals surface area contributed by atoms with Crippen molar-refractivity contribution in [1.82, 2.24) is 19.9 Å². The lowest BCUT2D eigenvalue weighted by Gasteiger charge is -2.19. The van der Waals surface area contributed by atoms with Crippen molar-refractivity contribution >= 4 is 28.5 Å². The van der Waals surface area contributed by atoms with Crippen LogP contribution in [-0.4, -0.2) is 44.8 Å². The standard InChI is InChI=1S/C20H23N5O2/c1-4-24(5-2)20(27)15-8-7-9-16(12-15)21-19(26)14-10-11-18-17(13-14)22-23-25(18)6-3/h7-13H,4-6H2,1-3H3,(H,21,26). The molecule has 0 aliphatic carbocycles. The molecule has 0 atom stereocenters. The van der Waals surface area contributed by atoms with Crippen LogP contribution in [0.15, 0.2) is 42.5 Å². The highest BCUT2D eigenvalue weighted by Gasteiger charge is 2.14. The van der Waals surface area contributed by atoms with Gasteiger partial charge in [-0.15, -0.1) is 5.10 Å². The molecule has 3 rings (SSSR count). The summed E-state index contributed by atoms with van der Waals surface area (Å²) >= 11 is 0. The van der Waals surface area contributed by atoms with E-state index in [2.05, 4.69) is 15.6 Å². The molecular weight excluding hydrogens is 342 g/mol. The van der Waals surface area contributed by atoms with Crippen LogP contribution in [0.25, 0.3) is 11.0 Å². The van der Waals surface area contributed by atoms with Gasteiger partial charge in [0.2, 0.25) is 0 Å². The number of nitrogens with zero attached hydrogens (tertiary/aromatic N) is 4. The first-order chi connectivity index (χ1) is 13.1. The number of hydrogen-bond donors (Lipinski definition) is 1. The number of aromatic nitrogens is 3. The van der Waals surface area contributed by atoms with Gasteiger partial charge in [0, 0.05) is 36.4 Å². The van der Waals surface area contributed by atoms with E-state index in [4.69, 9.17) is 0 Å². The molecule has 1 N–H and O–H groups in total. The summed E-state index contributed by atoms with van der Waals surface area (Å²) in [5, 5.41) is 11.0. The lowest BCUT2D eigenvalue weighted by atomic mass is 10.1. The van der Waals surface area contributed by atoms with Crippen LogP contribution < -0.4 is 5.32 Å². The molecule has 2 amide bonds. The van der Waals surface area contributed by atoms with Gasteiger partial charge in [-0.2, -0.15) is 0 Å². The Morgan fingerprint density at radius 1 is 1.04 bits per heavy atom. The van der Waals surface area contributed by atoms with Gasteiger partial charge in [-0.25, -0.2) is 4.68 Å². The lowest BCUT2D eigenvalue weighted by molar-refractivity contribution is 0.0772. The Labute approximate surface area is 158 Å². The quantitative estimate of drug-likeness (QED) is 0.727. The number of nitrogens with one attached hydrogen (secondary N) is 1. The summed E-state index contributed by atoms with van der Waals surface area (Å²) in [5.74, 6) is -0.302. The van der Waals surface area contributed by atoms with Crippen molar-refractivity contribution in [2.45, 2.75) is 27.3 Å². The molecule has 7 heteroatoms. The Hall–Kier alpha value is -3.22. The van der Waals surface area contributed by atoms with Crippen LogP contribution in [0.5, 0.6) is 0 Å². The van der Waals surface area contributed by atoms with Crippen molar-refractivity contribution in [1.29, 1.82) is 0 Å². The van der Waals surface area contributed by atoms with Crippen molar-refractivity contribution in [2.24, 2.45) is 0 Å². The van der Waals surface area contributed by atoms with Crippen LogP contribution in [0, 0.1) is 0 Å². The predicted octanol–water partition coefficient (Wildman–Crippen LogP) is 3.19. The monoisotopic (exact) mass is 365 g/mol. The van der Waals surface area contributed by atoms with Crippen LogP contribution in [0.2, 0.25) is 0 Å². The smallest absolute Gasteiger partial charge is 0.255 e. The second-order valence-electron chi connectivity index (χ2n) is 6.12. The normalized spacial score (nSPS) is 10.8. The summed E-state index contributed by atoms with van der Waals surface area (Å²) in [6.45, 7) is 7.88. The number of anilines is 1.